The summed E-state index contributed by atoms with van der Waals surface area (Å²) in [4.78, 5) is 2.00. The van der Waals surface area contributed by atoms with Gasteiger partial charge in [0.15, 0.2) is 0 Å². The fourth-order valence-corrected chi connectivity index (χ4v) is 2.34. The van der Waals surface area contributed by atoms with Gasteiger partial charge in [0.2, 0.25) is 0 Å². The SMILES string of the molecule is CN(C)CC(C)(O)CNCc1ccc(C(C)(C)C)cc1. The first kappa shape index (κ1) is 17.2. The normalized spacial score (nSPS) is 15.4. The molecular weight excluding hydrogens is 248 g/mol. The molecule has 0 saturated heterocycles. The van der Waals surface area contributed by atoms with E-state index in [-0.39, 0.29) is 5.41 Å². The quantitative estimate of drug-likeness (QED) is 0.838. The van der Waals surface area contributed by atoms with E-state index in [4.69, 9.17) is 0 Å². The first-order chi connectivity index (χ1) is 9.10. The van der Waals surface area contributed by atoms with Gasteiger partial charge in [-0.1, -0.05) is 45.0 Å². The molecule has 0 saturated carbocycles. The van der Waals surface area contributed by atoms with Crippen LogP contribution in [0.25, 0.3) is 0 Å². The highest BCUT2D eigenvalue weighted by Gasteiger charge is 2.20. The smallest absolute Gasteiger partial charge is 0.0869 e. The minimum absolute atomic E-state index is 0.196. The zero-order valence-corrected chi connectivity index (χ0v) is 13.8. The Morgan fingerprint density at radius 2 is 1.60 bits per heavy atom. The van der Waals surface area contributed by atoms with Crippen molar-refractivity contribution in [3.05, 3.63) is 35.4 Å². The van der Waals surface area contributed by atoms with Crippen LogP contribution in [-0.2, 0) is 12.0 Å². The average molecular weight is 278 g/mol. The fraction of sp³-hybridized carbons (Fsp3) is 0.647. The second-order valence-electron chi connectivity index (χ2n) is 7.29. The Hall–Kier alpha value is -0.900. The number of nitrogens with one attached hydrogen (secondary N) is 1. The van der Waals surface area contributed by atoms with E-state index in [2.05, 4.69) is 50.4 Å². The topological polar surface area (TPSA) is 35.5 Å². The molecule has 0 amide bonds. The van der Waals surface area contributed by atoms with Crippen LogP contribution in [0, 0.1) is 0 Å². The number of nitrogens with zero attached hydrogens (tertiary/aromatic N) is 1. The molecule has 0 aliphatic rings. The molecule has 1 atom stereocenters. The van der Waals surface area contributed by atoms with E-state index in [0.717, 1.165) is 6.54 Å². The number of likely N-dealkylation sites (N-methyl/N-ethyl adjacent to an activating group) is 1. The fourth-order valence-electron chi connectivity index (χ4n) is 2.34. The third-order valence-corrected chi connectivity index (χ3v) is 3.31. The molecule has 0 fully saturated rings. The standard InChI is InChI=1S/C17H30N2O/c1-16(2,3)15-9-7-14(8-10-15)11-18-12-17(4,20)13-19(5)6/h7-10,18,20H,11-13H2,1-6H3. The molecule has 1 aromatic carbocycles. The summed E-state index contributed by atoms with van der Waals surface area (Å²) in [5.41, 5.74) is 2.09. The van der Waals surface area contributed by atoms with E-state index in [0.29, 0.717) is 13.1 Å². The van der Waals surface area contributed by atoms with Crippen molar-refractivity contribution in [2.45, 2.75) is 45.3 Å². The van der Waals surface area contributed by atoms with Crippen LogP contribution in [0.2, 0.25) is 0 Å². The summed E-state index contributed by atoms with van der Waals surface area (Å²) < 4.78 is 0. The lowest BCUT2D eigenvalue weighted by atomic mass is 9.87. The van der Waals surface area contributed by atoms with Crippen molar-refractivity contribution < 1.29 is 5.11 Å². The molecule has 0 aliphatic carbocycles. The molecule has 1 rings (SSSR count). The first-order valence-corrected chi connectivity index (χ1v) is 7.27. The third kappa shape index (κ3) is 6.04. The molecule has 0 spiro atoms. The van der Waals surface area contributed by atoms with Crippen LogP contribution < -0.4 is 5.32 Å². The van der Waals surface area contributed by atoms with Gasteiger partial charge in [0.05, 0.1) is 5.60 Å². The predicted octanol–water partition coefficient (Wildman–Crippen LogP) is 2.39. The molecule has 0 aliphatic heterocycles. The van der Waals surface area contributed by atoms with Gasteiger partial charge in [0.25, 0.3) is 0 Å². The van der Waals surface area contributed by atoms with E-state index in [9.17, 15) is 5.11 Å². The molecule has 1 aromatic rings. The second-order valence-corrected chi connectivity index (χ2v) is 7.29. The Morgan fingerprint density at radius 3 is 2.05 bits per heavy atom. The number of rotatable bonds is 6. The van der Waals surface area contributed by atoms with Crippen LogP contribution in [-0.4, -0.2) is 42.8 Å². The summed E-state index contributed by atoms with van der Waals surface area (Å²) >= 11 is 0. The number of aliphatic hydroxyl groups is 1. The van der Waals surface area contributed by atoms with Gasteiger partial charge in [-0.05, 0) is 37.6 Å². The van der Waals surface area contributed by atoms with Crippen molar-refractivity contribution in [1.82, 2.24) is 10.2 Å². The van der Waals surface area contributed by atoms with Crippen LogP contribution in [0.3, 0.4) is 0 Å². The van der Waals surface area contributed by atoms with Gasteiger partial charge in [-0.2, -0.15) is 0 Å². The minimum Gasteiger partial charge on any atom is -0.388 e. The Labute approximate surface area is 124 Å². The monoisotopic (exact) mass is 278 g/mol. The largest absolute Gasteiger partial charge is 0.388 e. The van der Waals surface area contributed by atoms with Gasteiger partial charge in [-0.25, -0.2) is 0 Å². The molecule has 3 nitrogen and oxygen atoms in total. The average Bonchev–Trinajstić information content (AvgIpc) is 2.26. The molecule has 0 aromatic heterocycles. The van der Waals surface area contributed by atoms with Crippen molar-refractivity contribution in [3.8, 4) is 0 Å². The van der Waals surface area contributed by atoms with Crippen LogP contribution in [0.5, 0.6) is 0 Å². The predicted molar refractivity (Wildman–Crippen MR) is 86.0 cm³/mol. The van der Waals surface area contributed by atoms with Crippen molar-refractivity contribution in [2.75, 3.05) is 27.2 Å². The van der Waals surface area contributed by atoms with Gasteiger partial charge in [0, 0.05) is 19.6 Å². The van der Waals surface area contributed by atoms with E-state index < -0.39 is 5.60 Å². The first-order valence-electron chi connectivity index (χ1n) is 7.27. The van der Waals surface area contributed by atoms with Crippen molar-refractivity contribution in [3.63, 3.8) is 0 Å². The number of hydrogen-bond donors (Lipinski definition) is 2. The molecule has 1 unspecified atom stereocenters. The van der Waals surface area contributed by atoms with Crippen LogP contribution in [0.15, 0.2) is 24.3 Å². The summed E-state index contributed by atoms with van der Waals surface area (Å²) in [5, 5.41) is 13.5. The van der Waals surface area contributed by atoms with E-state index in [1.165, 1.54) is 11.1 Å². The lowest BCUT2D eigenvalue weighted by Crippen LogP contribution is -2.45. The highest BCUT2D eigenvalue weighted by Crippen LogP contribution is 2.22. The Kier molecular flexibility index (Phi) is 5.75. The van der Waals surface area contributed by atoms with E-state index >= 15 is 0 Å². The Morgan fingerprint density at radius 1 is 1.05 bits per heavy atom. The summed E-state index contributed by atoms with van der Waals surface area (Å²) in [6, 6.07) is 8.70. The van der Waals surface area contributed by atoms with E-state index in [1.54, 1.807) is 0 Å². The van der Waals surface area contributed by atoms with Crippen LogP contribution in [0.4, 0.5) is 0 Å². The summed E-state index contributed by atoms with van der Waals surface area (Å²) in [6.07, 6.45) is 0. The van der Waals surface area contributed by atoms with Crippen molar-refractivity contribution >= 4 is 0 Å². The van der Waals surface area contributed by atoms with Gasteiger partial charge in [-0.15, -0.1) is 0 Å². The number of benzene rings is 1. The summed E-state index contributed by atoms with van der Waals surface area (Å²) in [5.74, 6) is 0. The van der Waals surface area contributed by atoms with E-state index in [1.807, 2.05) is 25.9 Å². The number of hydrogen-bond acceptors (Lipinski definition) is 3. The molecule has 0 heterocycles. The van der Waals surface area contributed by atoms with Gasteiger partial charge in [-0.3, -0.25) is 0 Å². The molecule has 2 N–H and O–H groups in total. The molecule has 114 valence electrons. The second kappa shape index (κ2) is 6.70. The van der Waals surface area contributed by atoms with Gasteiger partial charge < -0.3 is 15.3 Å². The molecular formula is C17H30N2O. The van der Waals surface area contributed by atoms with Crippen LogP contribution >= 0.6 is 0 Å². The third-order valence-electron chi connectivity index (χ3n) is 3.31. The van der Waals surface area contributed by atoms with Gasteiger partial charge >= 0.3 is 0 Å². The highest BCUT2D eigenvalue weighted by atomic mass is 16.3. The molecule has 20 heavy (non-hydrogen) atoms. The summed E-state index contributed by atoms with van der Waals surface area (Å²) in [6.45, 7) is 10.6. The zero-order chi connectivity index (χ0) is 15.4. The Balaban J connectivity index is 2.47. The van der Waals surface area contributed by atoms with Crippen LogP contribution in [0.1, 0.15) is 38.8 Å². The molecule has 0 bridgehead atoms. The maximum atomic E-state index is 10.2. The lowest BCUT2D eigenvalue weighted by molar-refractivity contribution is 0.0336. The van der Waals surface area contributed by atoms with Crippen molar-refractivity contribution in [1.29, 1.82) is 0 Å². The van der Waals surface area contributed by atoms with Gasteiger partial charge in [0.1, 0.15) is 0 Å². The molecule has 3 heteroatoms. The Bertz CT molecular complexity index is 402. The summed E-state index contributed by atoms with van der Waals surface area (Å²) in [7, 11) is 3.94. The maximum absolute atomic E-state index is 10.2. The van der Waals surface area contributed by atoms with Crippen molar-refractivity contribution in [2.24, 2.45) is 0 Å². The lowest BCUT2D eigenvalue weighted by Gasteiger charge is -2.27. The maximum Gasteiger partial charge on any atom is 0.0869 e. The minimum atomic E-state index is -0.700. The highest BCUT2D eigenvalue weighted by molar-refractivity contribution is 5.27. The zero-order valence-electron chi connectivity index (χ0n) is 13.8. The molecule has 0 radical (unpaired) electrons.